The Hall–Kier alpha value is -2.76. The number of benzene rings is 1. The molecule has 0 saturated carbocycles. The first-order valence-corrected chi connectivity index (χ1v) is 5.62. The highest BCUT2D eigenvalue weighted by Crippen LogP contribution is 2.24. The lowest BCUT2D eigenvalue weighted by molar-refractivity contribution is 0.630. The number of hydrogen-bond donors (Lipinski definition) is 1. The molecule has 1 aromatic carbocycles. The monoisotopic (exact) mass is 255 g/mol. The number of anilines is 1. The van der Waals surface area contributed by atoms with Gasteiger partial charge in [-0.25, -0.2) is 14.4 Å². The molecule has 5 nitrogen and oxygen atoms in total. The second kappa shape index (κ2) is 4.49. The molecule has 0 fully saturated rings. The van der Waals surface area contributed by atoms with Crippen molar-refractivity contribution in [3.8, 4) is 17.1 Å². The SMILES string of the molecule is Nc1cc(-c2ccccc2F)nn1-c1ccncn1. The molecule has 0 saturated heterocycles. The Morgan fingerprint density at radius 2 is 2.00 bits per heavy atom. The average molecular weight is 255 g/mol. The summed E-state index contributed by atoms with van der Waals surface area (Å²) in [5.74, 6) is 0.585. The van der Waals surface area contributed by atoms with Crippen molar-refractivity contribution < 1.29 is 4.39 Å². The summed E-state index contributed by atoms with van der Waals surface area (Å²) in [6.07, 6.45) is 2.99. The zero-order chi connectivity index (χ0) is 13.2. The van der Waals surface area contributed by atoms with Crippen LogP contribution in [0.25, 0.3) is 17.1 Å². The third kappa shape index (κ3) is 2.03. The van der Waals surface area contributed by atoms with E-state index < -0.39 is 0 Å². The second-order valence-electron chi connectivity index (χ2n) is 3.91. The fourth-order valence-electron chi connectivity index (χ4n) is 1.79. The molecular weight excluding hydrogens is 245 g/mol. The number of nitrogens with two attached hydrogens (primary N) is 1. The van der Waals surface area contributed by atoms with Crippen LogP contribution in [0.2, 0.25) is 0 Å². The Kier molecular flexibility index (Phi) is 2.68. The van der Waals surface area contributed by atoms with Gasteiger partial charge in [0, 0.05) is 23.9 Å². The van der Waals surface area contributed by atoms with Crippen LogP contribution in [0, 0.1) is 5.82 Å². The molecule has 19 heavy (non-hydrogen) atoms. The predicted octanol–water partition coefficient (Wildman–Crippen LogP) is 2.05. The smallest absolute Gasteiger partial charge is 0.159 e. The molecule has 6 heteroatoms. The van der Waals surface area contributed by atoms with Crippen LogP contribution >= 0.6 is 0 Å². The van der Waals surface area contributed by atoms with Gasteiger partial charge in [0.25, 0.3) is 0 Å². The highest BCUT2D eigenvalue weighted by atomic mass is 19.1. The van der Waals surface area contributed by atoms with Crippen molar-refractivity contribution in [3.05, 3.63) is 54.7 Å². The van der Waals surface area contributed by atoms with Gasteiger partial charge in [-0.1, -0.05) is 12.1 Å². The molecule has 0 spiro atoms. The molecule has 3 aromatic rings. The van der Waals surface area contributed by atoms with Gasteiger partial charge in [0.15, 0.2) is 5.82 Å². The number of rotatable bonds is 2. The summed E-state index contributed by atoms with van der Waals surface area (Å²) in [4.78, 5) is 7.88. The van der Waals surface area contributed by atoms with E-state index in [2.05, 4.69) is 15.1 Å². The van der Waals surface area contributed by atoms with E-state index in [-0.39, 0.29) is 5.82 Å². The van der Waals surface area contributed by atoms with E-state index in [4.69, 9.17) is 5.73 Å². The summed E-state index contributed by atoms with van der Waals surface area (Å²) < 4.78 is 15.2. The van der Waals surface area contributed by atoms with Crippen LogP contribution in [0.3, 0.4) is 0 Å². The lowest BCUT2D eigenvalue weighted by Gasteiger charge is -2.01. The van der Waals surface area contributed by atoms with E-state index in [0.717, 1.165) is 0 Å². The molecule has 0 atom stereocenters. The minimum Gasteiger partial charge on any atom is -0.384 e. The summed E-state index contributed by atoms with van der Waals surface area (Å²) >= 11 is 0. The van der Waals surface area contributed by atoms with Gasteiger partial charge in [-0.3, -0.25) is 0 Å². The summed E-state index contributed by atoms with van der Waals surface area (Å²) in [7, 11) is 0. The summed E-state index contributed by atoms with van der Waals surface area (Å²) in [5, 5.41) is 4.27. The van der Waals surface area contributed by atoms with Crippen LogP contribution in [-0.2, 0) is 0 Å². The van der Waals surface area contributed by atoms with Crippen LogP contribution in [-0.4, -0.2) is 19.7 Å². The highest BCUT2D eigenvalue weighted by molar-refractivity contribution is 5.63. The molecule has 0 unspecified atom stereocenters. The Bertz CT molecular complexity index is 708. The van der Waals surface area contributed by atoms with Crippen molar-refractivity contribution in [2.45, 2.75) is 0 Å². The zero-order valence-electron chi connectivity index (χ0n) is 9.86. The maximum atomic E-state index is 13.7. The first-order chi connectivity index (χ1) is 9.25. The van der Waals surface area contributed by atoms with Crippen LogP contribution in [0.5, 0.6) is 0 Å². The van der Waals surface area contributed by atoms with Gasteiger partial charge in [-0.15, -0.1) is 0 Å². The van der Waals surface area contributed by atoms with Crippen molar-refractivity contribution in [2.75, 3.05) is 5.73 Å². The Balaban J connectivity index is 2.10. The predicted molar refractivity (Wildman–Crippen MR) is 69.0 cm³/mol. The lowest BCUT2D eigenvalue weighted by atomic mass is 10.1. The summed E-state index contributed by atoms with van der Waals surface area (Å²) in [5.41, 5.74) is 6.75. The highest BCUT2D eigenvalue weighted by Gasteiger charge is 2.12. The molecule has 0 aliphatic heterocycles. The first kappa shape index (κ1) is 11.3. The number of halogens is 1. The lowest BCUT2D eigenvalue weighted by Crippen LogP contribution is -2.03. The number of hydrogen-bond acceptors (Lipinski definition) is 4. The fraction of sp³-hybridized carbons (Fsp3) is 0. The van der Waals surface area contributed by atoms with Gasteiger partial charge >= 0.3 is 0 Å². The van der Waals surface area contributed by atoms with Gasteiger partial charge in [-0.2, -0.15) is 9.78 Å². The average Bonchev–Trinajstić information content (AvgIpc) is 2.82. The van der Waals surface area contributed by atoms with Crippen molar-refractivity contribution in [1.82, 2.24) is 19.7 Å². The van der Waals surface area contributed by atoms with Crippen molar-refractivity contribution in [2.24, 2.45) is 0 Å². The van der Waals surface area contributed by atoms with Crippen LogP contribution in [0.4, 0.5) is 10.2 Å². The Morgan fingerprint density at radius 1 is 1.16 bits per heavy atom. The fourth-order valence-corrected chi connectivity index (χ4v) is 1.79. The Labute approximate surface area is 108 Å². The Morgan fingerprint density at radius 3 is 2.74 bits per heavy atom. The molecule has 2 aromatic heterocycles. The molecule has 0 amide bonds. The summed E-state index contributed by atoms with van der Waals surface area (Å²) in [6.45, 7) is 0. The van der Waals surface area contributed by atoms with Gasteiger partial charge in [-0.05, 0) is 12.1 Å². The third-order valence-electron chi connectivity index (χ3n) is 2.67. The molecule has 2 N–H and O–H groups in total. The van der Waals surface area contributed by atoms with Crippen LogP contribution < -0.4 is 5.73 Å². The van der Waals surface area contributed by atoms with E-state index in [1.165, 1.54) is 17.1 Å². The minimum atomic E-state index is -0.338. The largest absolute Gasteiger partial charge is 0.384 e. The quantitative estimate of drug-likeness (QED) is 0.760. The van der Waals surface area contributed by atoms with Crippen molar-refractivity contribution >= 4 is 5.82 Å². The molecule has 0 bridgehead atoms. The van der Waals surface area contributed by atoms with E-state index in [0.29, 0.717) is 22.9 Å². The van der Waals surface area contributed by atoms with E-state index >= 15 is 0 Å². The molecule has 0 aliphatic rings. The van der Waals surface area contributed by atoms with Crippen molar-refractivity contribution in [3.63, 3.8) is 0 Å². The first-order valence-electron chi connectivity index (χ1n) is 5.62. The minimum absolute atomic E-state index is 0.338. The van der Waals surface area contributed by atoms with E-state index in [1.54, 1.807) is 36.5 Å². The van der Waals surface area contributed by atoms with E-state index in [9.17, 15) is 4.39 Å². The maximum absolute atomic E-state index is 13.7. The standard InChI is InChI=1S/C13H10FN5/c14-10-4-2-1-3-9(10)11-7-12(15)19(18-11)13-5-6-16-8-17-13/h1-8H,15H2. The van der Waals surface area contributed by atoms with Gasteiger partial charge < -0.3 is 5.73 Å². The number of nitrogens with zero attached hydrogens (tertiary/aromatic N) is 4. The summed E-state index contributed by atoms with van der Waals surface area (Å²) in [6, 6.07) is 9.70. The van der Waals surface area contributed by atoms with Gasteiger partial charge in [0.05, 0.1) is 5.69 Å². The molecule has 0 aliphatic carbocycles. The topological polar surface area (TPSA) is 69.6 Å². The van der Waals surface area contributed by atoms with E-state index in [1.807, 2.05) is 0 Å². The number of aromatic nitrogens is 4. The van der Waals surface area contributed by atoms with Crippen LogP contribution in [0.15, 0.2) is 48.9 Å². The molecule has 2 heterocycles. The second-order valence-corrected chi connectivity index (χ2v) is 3.91. The van der Waals surface area contributed by atoms with Gasteiger partial charge in [0.2, 0.25) is 0 Å². The molecule has 0 radical (unpaired) electrons. The molecular formula is C13H10FN5. The molecule has 94 valence electrons. The third-order valence-corrected chi connectivity index (χ3v) is 2.67. The normalized spacial score (nSPS) is 10.6. The van der Waals surface area contributed by atoms with Crippen molar-refractivity contribution in [1.29, 1.82) is 0 Å². The number of nitrogen functional groups attached to an aromatic ring is 1. The van der Waals surface area contributed by atoms with Gasteiger partial charge in [0.1, 0.15) is 18.0 Å². The zero-order valence-corrected chi connectivity index (χ0v) is 9.86. The van der Waals surface area contributed by atoms with Crippen LogP contribution in [0.1, 0.15) is 0 Å². The molecule has 3 rings (SSSR count). The maximum Gasteiger partial charge on any atom is 0.159 e.